The third kappa shape index (κ3) is 3.22. The maximum absolute atomic E-state index is 11.9. The minimum Gasteiger partial charge on any atom is -0.307 e. The Balaban J connectivity index is 2.14. The maximum atomic E-state index is 11.9. The molecule has 0 bridgehead atoms. The molecule has 0 saturated carbocycles. The van der Waals surface area contributed by atoms with Crippen LogP contribution in [0.5, 0.6) is 0 Å². The SMILES string of the molecule is CCNS(=O)(=O)c1ccc(C(=O)Nc2ccn[nH]2)cc1. The molecule has 0 aliphatic heterocycles. The third-order valence-corrected chi connectivity index (χ3v) is 4.07. The van der Waals surface area contributed by atoms with Crippen molar-refractivity contribution in [2.45, 2.75) is 11.8 Å². The van der Waals surface area contributed by atoms with E-state index in [0.29, 0.717) is 17.9 Å². The zero-order chi connectivity index (χ0) is 14.6. The third-order valence-electron chi connectivity index (χ3n) is 2.51. The highest BCUT2D eigenvalue weighted by atomic mass is 32.2. The van der Waals surface area contributed by atoms with Gasteiger partial charge < -0.3 is 5.32 Å². The topological polar surface area (TPSA) is 104 Å². The molecule has 0 aliphatic rings. The molecule has 0 aliphatic carbocycles. The van der Waals surface area contributed by atoms with Gasteiger partial charge in [0, 0.05) is 18.2 Å². The molecular formula is C12H14N4O3S. The van der Waals surface area contributed by atoms with E-state index in [-0.39, 0.29) is 10.8 Å². The summed E-state index contributed by atoms with van der Waals surface area (Å²) >= 11 is 0. The van der Waals surface area contributed by atoms with Crippen LogP contribution in [0.3, 0.4) is 0 Å². The van der Waals surface area contributed by atoms with Crippen molar-refractivity contribution in [1.82, 2.24) is 14.9 Å². The van der Waals surface area contributed by atoms with Crippen molar-refractivity contribution in [3.63, 3.8) is 0 Å². The van der Waals surface area contributed by atoms with Crippen LogP contribution in [0.25, 0.3) is 0 Å². The molecule has 0 spiro atoms. The second kappa shape index (κ2) is 5.85. The predicted molar refractivity (Wildman–Crippen MR) is 73.8 cm³/mol. The standard InChI is InChI=1S/C12H14N4O3S/c1-2-14-20(18,19)10-5-3-9(4-6-10)12(17)15-11-7-8-13-16-11/h3-8,14H,2H2,1H3,(H2,13,15,16,17). The number of hydrogen-bond donors (Lipinski definition) is 3. The van der Waals surface area contributed by atoms with E-state index in [1.807, 2.05) is 0 Å². The highest BCUT2D eigenvalue weighted by molar-refractivity contribution is 7.89. The first kappa shape index (κ1) is 14.2. The molecule has 0 unspecified atom stereocenters. The molecule has 0 fully saturated rings. The number of hydrogen-bond acceptors (Lipinski definition) is 4. The lowest BCUT2D eigenvalue weighted by molar-refractivity contribution is 0.102. The lowest BCUT2D eigenvalue weighted by Crippen LogP contribution is -2.23. The number of aromatic amines is 1. The molecule has 1 aromatic heterocycles. The molecule has 106 valence electrons. The Morgan fingerprint density at radius 3 is 2.50 bits per heavy atom. The van der Waals surface area contributed by atoms with Crippen molar-refractivity contribution in [2.75, 3.05) is 11.9 Å². The zero-order valence-electron chi connectivity index (χ0n) is 10.8. The summed E-state index contributed by atoms with van der Waals surface area (Å²) < 4.78 is 25.9. The number of aromatic nitrogens is 2. The molecule has 1 amide bonds. The largest absolute Gasteiger partial charge is 0.307 e. The molecule has 7 nitrogen and oxygen atoms in total. The van der Waals surface area contributed by atoms with E-state index in [1.165, 1.54) is 30.5 Å². The van der Waals surface area contributed by atoms with E-state index in [4.69, 9.17) is 0 Å². The van der Waals surface area contributed by atoms with Gasteiger partial charge in [-0.25, -0.2) is 13.1 Å². The van der Waals surface area contributed by atoms with E-state index in [1.54, 1.807) is 13.0 Å². The van der Waals surface area contributed by atoms with E-state index < -0.39 is 10.0 Å². The van der Waals surface area contributed by atoms with Crippen molar-refractivity contribution >= 4 is 21.7 Å². The number of H-pyrrole nitrogens is 1. The van der Waals surface area contributed by atoms with Crippen LogP contribution in [0.4, 0.5) is 5.82 Å². The molecular weight excluding hydrogens is 280 g/mol. The average molecular weight is 294 g/mol. The van der Waals surface area contributed by atoms with Gasteiger partial charge in [-0.3, -0.25) is 9.89 Å². The van der Waals surface area contributed by atoms with Gasteiger partial charge in [-0.05, 0) is 24.3 Å². The zero-order valence-corrected chi connectivity index (χ0v) is 11.6. The van der Waals surface area contributed by atoms with Gasteiger partial charge in [0.15, 0.2) is 0 Å². The lowest BCUT2D eigenvalue weighted by atomic mass is 10.2. The lowest BCUT2D eigenvalue weighted by Gasteiger charge is -2.06. The summed E-state index contributed by atoms with van der Waals surface area (Å²) in [5.74, 6) is 0.126. The average Bonchev–Trinajstić information content (AvgIpc) is 2.91. The Labute approximate surface area is 116 Å². The first-order valence-electron chi connectivity index (χ1n) is 5.93. The maximum Gasteiger partial charge on any atom is 0.256 e. The number of nitrogens with one attached hydrogen (secondary N) is 3. The number of benzene rings is 1. The molecule has 3 N–H and O–H groups in total. The molecule has 1 aromatic carbocycles. The summed E-state index contributed by atoms with van der Waals surface area (Å²) in [6, 6.07) is 7.30. The summed E-state index contributed by atoms with van der Waals surface area (Å²) in [7, 11) is -3.50. The fourth-order valence-electron chi connectivity index (χ4n) is 1.58. The van der Waals surface area contributed by atoms with Gasteiger partial charge >= 0.3 is 0 Å². The molecule has 2 rings (SSSR count). The second-order valence-corrected chi connectivity index (χ2v) is 5.72. The minimum atomic E-state index is -3.50. The van der Waals surface area contributed by atoms with Crippen molar-refractivity contribution in [2.24, 2.45) is 0 Å². The summed E-state index contributed by atoms with van der Waals surface area (Å²) in [5, 5.41) is 8.91. The van der Waals surface area contributed by atoms with E-state index in [2.05, 4.69) is 20.2 Å². The molecule has 1 heterocycles. The van der Waals surface area contributed by atoms with Gasteiger partial charge in [-0.2, -0.15) is 5.10 Å². The fourth-order valence-corrected chi connectivity index (χ4v) is 2.62. The van der Waals surface area contributed by atoms with Crippen LogP contribution in [-0.2, 0) is 10.0 Å². The van der Waals surface area contributed by atoms with Gasteiger partial charge in [0.25, 0.3) is 5.91 Å². The number of anilines is 1. The molecule has 0 radical (unpaired) electrons. The Morgan fingerprint density at radius 2 is 1.95 bits per heavy atom. The van der Waals surface area contributed by atoms with Crippen molar-refractivity contribution in [3.8, 4) is 0 Å². The number of rotatable bonds is 5. The van der Waals surface area contributed by atoms with Gasteiger partial charge in [0.2, 0.25) is 10.0 Å². The normalized spacial score (nSPS) is 11.2. The van der Waals surface area contributed by atoms with E-state index in [0.717, 1.165) is 0 Å². The summed E-state index contributed by atoms with van der Waals surface area (Å²) in [5.41, 5.74) is 0.357. The summed E-state index contributed by atoms with van der Waals surface area (Å²) in [6.45, 7) is 2.01. The van der Waals surface area contributed by atoms with E-state index >= 15 is 0 Å². The smallest absolute Gasteiger partial charge is 0.256 e. The number of carbonyl (C=O) groups excluding carboxylic acids is 1. The van der Waals surface area contributed by atoms with Gasteiger partial charge in [-0.15, -0.1) is 0 Å². The van der Waals surface area contributed by atoms with Crippen molar-refractivity contribution in [1.29, 1.82) is 0 Å². The van der Waals surface area contributed by atoms with Gasteiger partial charge in [0.1, 0.15) is 5.82 Å². The van der Waals surface area contributed by atoms with Crippen molar-refractivity contribution in [3.05, 3.63) is 42.1 Å². The molecule has 2 aromatic rings. The van der Waals surface area contributed by atoms with Crippen LogP contribution in [0.15, 0.2) is 41.4 Å². The second-order valence-electron chi connectivity index (χ2n) is 3.95. The number of nitrogens with zero attached hydrogens (tertiary/aromatic N) is 1. The van der Waals surface area contributed by atoms with E-state index in [9.17, 15) is 13.2 Å². The highest BCUT2D eigenvalue weighted by Crippen LogP contribution is 2.11. The van der Waals surface area contributed by atoms with Crippen molar-refractivity contribution < 1.29 is 13.2 Å². The molecule has 0 atom stereocenters. The van der Waals surface area contributed by atoms with Crippen LogP contribution in [-0.4, -0.2) is 31.1 Å². The number of sulfonamides is 1. The number of amides is 1. The predicted octanol–water partition coefficient (Wildman–Crippen LogP) is 0.960. The fraction of sp³-hybridized carbons (Fsp3) is 0.167. The Hall–Kier alpha value is -2.19. The summed E-state index contributed by atoms with van der Waals surface area (Å²) in [4.78, 5) is 12.0. The van der Waals surface area contributed by atoms with Gasteiger partial charge in [0.05, 0.1) is 11.1 Å². The monoisotopic (exact) mass is 294 g/mol. The first-order valence-corrected chi connectivity index (χ1v) is 7.41. The van der Waals surface area contributed by atoms with Crippen LogP contribution < -0.4 is 10.0 Å². The number of carbonyl (C=O) groups is 1. The molecule has 20 heavy (non-hydrogen) atoms. The first-order chi connectivity index (χ1) is 9.53. The molecule has 8 heteroatoms. The highest BCUT2D eigenvalue weighted by Gasteiger charge is 2.13. The minimum absolute atomic E-state index is 0.123. The quantitative estimate of drug-likeness (QED) is 0.764. The van der Waals surface area contributed by atoms with Crippen LogP contribution in [0.2, 0.25) is 0 Å². The van der Waals surface area contributed by atoms with Gasteiger partial charge in [-0.1, -0.05) is 6.92 Å². The van der Waals surface area contributed by atoms with Crippen LogP contribution in [0, 0.1) is 0 Å². The van der Waals surface area contributed by atoms with Crippen LogP contribution in [0.1, 0.15) is 17.3 Å². The Morgan fingerprint density at radius 1 is 1.25 bits per heavy atom. The Kier molecular flexibility index (Phi) is 4.16. The molecule has 0 saturated heterocycles. The van der Waals surface area contributed by atoms with Crippen LogP contribution >= 0.6 is 0 Å². The summed E-state index contributed by atoms with van der Waals surface area (Å²) in [6.07, 6.45) is 1.52. The Bertz CT molecular complexity index is 678.